The Morgan fingerprint density at radius 3 is 1.51 bits per heavy atom. The fraction of sp³-hybridized carbons (Fsp3) is 0.545. The lowest BCUT2D eigenvalue weighted by Gasteiger charge is -2.27. The van der Waals surface area contributed by atoms with Crippen LogP contribution in [0.15, 0.2) is 30.5 Å². The predicted molar refractivity (Wildman–Crippen MR) is 252 cm³/mol. The molecule has 0 unspecified atom stereocenters. The van der Waals surface area contributed by atoms with Crippen molar-refractivity contribution in [2.24, 2.45) is 34.8 Å². The van der Waals surface area contributed by atoms with Crippen LogP contribution in [0.1, 0.15) is 78.2 Å². The second-order valence-electron chi connectivity index (χ2n) is 17.4. The van der Waals surface area contributed by atoms with E-state index in [0.29, 0.717) is 12.0 Å². The zero-order valence-electron chi connectivity index (χ0n) is 40.0. The van der Waals surface area contributed by atoms with Crippen molar-refractivity contribution >= 4 is 81.9 Å². The molecule has 1 aromatic carbocycles. The van der Waals surface area contributed by atoms with Crippen molar-refractivity contribution < 1.29 is 67.7 Å². The Kier molecular flexibility index (Phi) is 24.6. The number of rotatable bonds is 32. The summed E-state index contributed by atoms with van der Waals surface area (Å²) < 4.78 is 0. The molecule has 19 N–H and O–H groups in total. The number of nitrogens with one attached hydrogen (secondary N) is 9. The highest BCUT2D eigenvalue weighted by atomic mass is 16.4. The molecule has 0 fully saturated rings. The Balaban J connectivity index is 2.20. The third-order valence-electron chi connectivity index (χ3n) is 10.7. The highest BCUT2D eigenvalue weighted by molar-refractivity contribution is 5.98. The van der Waals surface area contributed by atoms with Gasteiger partial charge in [0.25, 0.3) is 0 Å². The molecule has 2 rings (SSSR count). The van der Waals surface area contributed by atoms with Gasteiger partial charge in [-0.1, -0.05) is 45.9 Å². The molecule has 0 saturated heterocycles. The number of carboxylic acids is 1. The van der Waals surface area contributed by atoms with E-state index >= 15 is 0 Å². The van der Waals surface area contributed by atoms with Crippen molar-refractivity contribution in [3.05, 3.63) is 36.0 Å². The van der Waals surface area contributed by atoms with Gasteiger partial charge in [0.1, 0.15) is 36.3 Å². The van der Waals surface area contributed by atoms with Gasteiger partial charge >= 0.3 is 5.97 Å². The molecule has 2 aromatic rings. The van der Waals surface area contributed by atoms with Gasteiger partial charge in [0, 0.05) is 42.8 Å². The molecule has 11 amide bonds. The number of hydrogen-bond donors (Lipinski definition) is 15. The fourth-order valence-corrected chi connectivity index (χ4v) is 6.87. The molecule has 1 aromatic heterocycles. The van der Waals surface area contributed by atoms with Crippen LogP contribution < -0.4 is 65.5 Å². The summed E-state index contributed by atoms with van der Waals surface area (Å²) >= 11 is 0. The van der Waals surface area contributed by atoms with Gasteiger partial charge in [-0.05, 0) is 49.1 Å². The maximum atomic E-state index is 13.7. The number of hydrogen-bond acceptors (Lipinski definition) is 14. The molecule has 27 nitrogen and oxygen atoms in total. The number of nitrogens with two attached hydrogens (primary N) is 4. The lowest BCUT2D eigenvalue weighted by molar-refractivity contribution is -0.141. The molecule has 0 aliphatic carbocycles. The molecular formula is C44H67N13O14. The normalized spacial score (nSPS) is 14.0. The average Bonchev–Trinajstić information content (AvgIpc) is 3.70. The van der Waals surface area contributed by atoms with Crippen molar-refractivity contribution in [1.29, 1.82) is 0 Å². The predicted octanol–water partition coefficient (Wildman–Crippen LogP) is -5.25. The molecule has 0 radical (unpaired) electrons. The van der Waals surface area contributed by atoms with E-state index in [0.717, 1.165) is 10.9 Å². The van der Waals surface area contributed by atoms with Crippen LogP contribution in [-0.4, -0.2) is 148 Å². The first-order valence-corrected chi connectivity index (χ1v) is 22.7. The van der Waals surface area contributed by atoms with E-state index in [1.54, 1.807) is 44.3 Å². The van der Waals surface area contributed by atoms with E-state index in [9.17, 15) is 67.7 Å². The van der Waals surface area contributed by atoms with Gasteiger partial charge in [0.2, 0.25) is 65.0 Å². The topological polar surface area (TPSA) is 461 Å². The number of aromatic nitrogens is 1. The van der Waals surface area contributed by atoms with Crippen LogP contribution in [0.4, 0.5) is 0 Å². The zero-order chi connectivity index (χ0) is 53.5. The highest BCUT2D eigenvalue weighted by Crippen LogP contribution is 2.19. The number of primary amides is 3. The number of carboxylic acid groups (broad SMARTS) is 1. The SMILES string of the molecule is CC(C)C[C@H](N)C(=O)NCC(=O)N[C@H](C(=O)N[C@@H](CCC(N)=O)C(=O)N[C@@H](CCC(N)=O)C(=O)N[C@@H](CO)C(=O)N[C@@H](CCC(N)=O)C(=O)NCC(=O)N[C@@H](Cc1c[nH]c2ccccc12)C(=O)O)C(C)C. The van der Waals surface area contributed by atoms with Crippen LogP contribution in [0.2, 0.25) is 0 Å². The molecule has 0 spiro atoms. The quantitative estimate of drug-likeness (QED) is 0.0326. The maximum absolute atomic E-state index is 13.7. The summed E-state index contributed by atoms with van der Waals surface area (Å²) in [7, 11) is 0. The summed E-state index contributed by atoms with van der Waals surface area (Å²) in [5, 5.41) is 39.3. The molecule has 27 heteroatoms. The summed E-state index contributed by atoms with van der Waals surface area (Å²) in [6.07, 6.45) is -1.01. The number of carbonyl (C=O) groups is 12. The monoisotopic (exact) mass is 1000 g/mol. The van der Waals surface area contributed by atoms with Crippen LogP contribution in [0.3, 0.4) is 0 Å². The van der Waals surface area contributed by atoms with Crippen molar-refractivity contribution in [1.82, 2.24) is 47.5 Å². The number of H-pyrrole nitrogens is 1. The number of aromatic amines is 1. The second kappa shape index (κ2) is 29.4. The minimum atomic E-state index is -1.88. The van der Waals surface area contributed by atoms with E-state index < -0.39 is 177 Å². The number of aliphatic hydroxyl groups is 1. The molecule has 71 heavy (non-hydrogen) atoms. The number of benzene rings is 1. The minimum absolute atomic E-state index is 0.0976. The molecule has 0 aliphatic rings. The number of aliphatic carboxylic acids is 1. The summed E-state index contributed by atoms with van der Waals surface area (Å²) in [5.41, 5.74) is 23.1. The number of para-hydroxylation sites is 1. The van der Waals surface area contributed by atoms with Crippen molar-refractivity contribution in [2.75, 3.05) is 19.7 Å². The van der Waals surface area contributed by atoms with E-state index in [-0.39, 0.29) is 12.3 Å². The Labute approximate surface area is 408 Å². The van der Waals surface area contributed by atoms with Crippen molar-refractivity contribution in [2.45, 2.75) is 121 Å². The second-order valence-corrected chi connectivity index (χ2v) is 17.4. The smallest absolute Gasteiger partial charge is 0.326 e. The Morgan fingerprint density at radius 1 is 0.577 bits per heavy atom. The average molecular weight is 1000 g/mol. The largest absolute Gasteiger partial charge is 0.480 e. The Morgan fingerprint density at radius 2 is 1.03 bits per heavy atom. The van der Waals surface area contributed by atoms with Gasteiger partial charge < -0.3 is 80.7 Å². The third kappa shape index (κ3) is 21.2. The van der Waals surface area contributed by atoms with Gasteiger partial charge in [0.05, 0.1) is 25.7 Å². The first-order valence-electron chi connectivity index (χ1n) is 22.7. The van der Waals surface area contributed by atoms with E-state index in [2.05, 4.69) is 47.5 Å². The molecule has 0 aliphatic heterocycles. The van der Waals surface area contributed by atoms with Crippen LogP contribution in [0.25, 0.3) is 10.9 Å². The van der Waals surface area contributed by atoms with Gasteiger partial charge in [-0.25, -0.2) is 4.79 Å². The number of carbonyl (C=O) groups excluding carboxylic acids is 11. The van der Waals surface area contributed by atoms with Gasteiger partial charge in [-0.3, -0.25) is 52.7 Å². The van der Waals surface area contributed by atoms with Gasteiger partial charge in [-0.2, -0.15) is 0 Å². The molecular weight excluding hydrogens is 935 g/mol. The number of amides is 11. The lowest BCUT2D eigenvalue weighted by Crippen LogP contribution is -2.60. The Hall–Kier alpha value is -7.68. The summed E-state index contributed by atoms with van der Waals surface area (Å²) in [4.78, 5) is 156. The van der Waals surface area contributed by atoms with Gasteiger partial charge in [-0.15, -0.1) is 0 Å². The first-order chi connectivity index (χ1) is 33.3. The highest BCUT2D eigenvalue weighted by Gasteiger charge is 2.34. The molecule has 392 valence electrons. The first kappa shape index (κ1) is 59.4. The van der Waals surface area contributed by atoms with Crippen LogP contribution in [0.5, 0.6) is 0 Å². The molecule has 7 atom stereocenters. The van der Waals surface area contributed by atoms with Crippen molar-refractivity contribution in [3.63, 3.8) is 0 Å². The minimum Gasteiger partial charge on any atom is -0.480 e. The zero-order valence-corrected chi connectivity index (χ0v) is 40.0. The maximum Gasteiger partial charge on any atom is 0.326 e. The molecule has 1 heterocycles. The number of fused-ring (bicyclic) bond motifs is 1. The van der Waals surface area contributed by atoms with E-state index in [1.165, 1.54) is 0 Å². The lowest BCUT2D eigenvalue weighted by atomic mass is 10.0. The van der Waals surface area contributed by atoms with Crippen LogP contribution in [-0.2, 0) is 64.0 Å². The number of aliphatic hydroxyl groups excluding tert-OH is 1. The molecule has 0 saturated carbocycles. The third-order valence-corrected chi connectivity index (χ3v) is 10.7. The summed E-state index contributed by atoms with van der Waals surface area (Å²) in [5.74, 6) is -12.4. The fourth-order valence-electron chi connectivity index (χ4n) is 6.87. The standard InChI is InChI=1S/C44H67N13O14/c1-21(2)15-25(45)38(64)50-19-36(63)57-37(22(3)4)43(69)55-29(11-14-34(48)61)40(66)54-28(10-13-33(47)60)41(67)56-31(20-58)42(68)53-27(9-12-32(46)59)39(65)51-18-35(62)52-30(44(70)71)16-23-17-49-26-8-6-5-7-24(23)26/h5-8,17,21-22,25,27-31,37,49,58H,9-16,18-20,45H2,1-4H3,(H2,46,59)(H2,47,60)(H2,48,61)(H,50,64)(H,51,65)(H,52,62)(H,53,68)(H,54,66)(H,55,69)(H,56,67)(H,57,63)(H,70,71)/t25-,27-,28-,29-,30-,31-,37-/m0/s1. The van der Waals surface area contributed by atoms with Crippen LogP contribution >= 0.6 is 0 Å². The van der Waals surface area contributed by atoms with E-state index in [4.69, 9.17) is 22.9 Å². The van der Waals surface area contributed by atoms with Crippen LogP contribution in [0, 0.1) is 11.8 Å². The molecule has 0 bridgehead atoms. The van der Waals surface area contributed by atoms with Crippen molar-refractivity contribution in [3.8, 4) is 0 Å². The summed E-state index contributed by atoms with van der Waals surface area (Å²) in [6, 6.07) is -3.35. The Bertz CT molecular complexity index is 2250. The summed E-state index contributed by atoms with van der Waals surface area (Å²) in [6.45, 7) is 4.39. The van der Waals surface area contributed by atoms with Gasteiger partial charge in [0.15, 0.2) is 0 Å². The van der Waals surface area contributed by atoms with E-state index in [1.807, 2.05) is 13.8 Å².